The monoisotopic (exact) mass is 524 g/mol. The molecule has 8 nitrogen and oxygen atoms in total. The molecule has 3 N–H and O–H groups in total. The van der Waals surface area contributed by atoms with E-state index in [1.165, 1.54) is 109 Å². The summed E-state index contributed by atoms with van der Waals surface area (Å²) in [7, 11) is -4.84. The van der Waals surface area contributed by atoms with Gasteiger partial charge in [-0.3, -0.25) is 14.1 Å². The van der Waals surface area contributed by atoms with Crippen LogP contribution in [-0.4, -0.2) is 74.4 Å². The summed E-state index contributed by atoms with van der Waals surface area (Å²) in [4.78, 5) is 20.0. The number of hydrogen-bond acceptors (Lipinski definition) is 5. The fourth-order valence-corrected chi connectivity index (χ4v) is 4.87. The van der Waals surface area contributed by atoms with Crippen LogP contribution in [0.4, 0.5) is 0 Å². The van der Waals surface area contributed by atoms with E-state index in [4.69, 9.17) is 19.5 Å². The Morgan fingerprint density at radius 2 is 1.40 bits per heavy atom. The van der Waals surface area contributed by atoms with Crippen molar-refractivity contribution in [1.82, 2.24) is 0 Å². The molecule has 1 aromatic rings. The van der Waals surface area contributed by atoms with Gasteiger partial charge in [0.1, 0.15) is 0 Å². The van der Waals surface area contributed by atoms with Crippen LogP contribution in [0.1, 0.15) is 90.4 Å². The number of rotatable bonds is 19. The summed E-state index contributed by atoms with van der Waals surface area (Å²) >= 11 is 1.29. The Morgan fingerprint density at radius 1 is 0.886 bits per heavy atom. The Hall–Kier alpha value is -1.13. The predicted octanol–water partition coefficient (Wildman–Crippen LogP) is 5.52. The molecule has 0 bridgehead atoms. The van der Waals surface area contributed by atoms with Crippen molar-refractivity contribution in [3.8, 4) is 5.75 Å². The molecule has 0 aliphatic carbocycles. The normalized spacial score (nSPS) is 12.8. The van der Waals surface area contributed by atoms with E-state index in [2.05, 4.69) is 37.3 Å². The van der Waals surface area contributed by atoms with Gasteiger partial charge in [-0.2, -0.15) is 8.42 Å². The summed E-state index contributed by atoms with van der Waals surface area (Å²) in [5.74, 6) is -2.46. The van der Waals surface area contributed by atoms with Crippen LogP contribution >= 0.6 is 0 Å². The molecule has 0 saturated heterocycles. The molecular weight excluding hydrogens is 483 g/mol. The van der Waals surface area contributed by atoms with E-state index < -0.39 is 33.7 Å². The van der Waals surface area contributed by atoms with E-state index in [1.54, 1.807) is 0 Å². The van der Waals surface area contributed by atoms with Crippen molar-refractivity contribution < 1.29 is 37.5 Å². The second kappa shape index (κ2) is 21.0. The first-order valence-corrected chi connectivity index (χ1v) is 15.7. The van der Waals surface area contributed by atoms with Crippen molar-refractivity contribution in [2.24, 2.45) is 0 Å². The maximum absolute atomic E-state index is 10.2. The number of ether oxygens (including phenoxy) is 1. The van der Waals surface area contributed by atoms with Crippen LogP contribution in [-0.2, 0) is 19.7 Å². The van der Waals surface area contributed by atoms with E-state index in [0.717, 1.165) is 5.75 Å². The number of benzene rings is 1. The molecule has 0 aliphatic heterocycles. The molecule has 10 heteroatoms. The van der Waals surface area contributed by atoms with Crippen LogP contribution in [0.5, 0.6) is 5.75 Å². The van der Waals surface area contributed by atoms with Crippen molar-refractivity contribution in [2.75, 3.05) is 0 Å². The molecule has 0 heterocycles. The molecule has 1 aromatic carbocycles. The number of unbranched alkanes of at least 4 members (excludes halogenated alkanes) is 9. The summed E-state index contributed by atoms with van der Waals surface area (Å²) < 4.78 is 36.2. The van der Waals surface area contributed by atoms with E-state index in [-0.39, 0.29) is 0 Å². The van der Waals surface area contributed by atoms with Gasteiger partial charge in [0.2, 0.25) is 0 Å². The molecular formula is C25H41NaO8S. The quantitative estimate of drug-likeness (QED) is 0.122. The van der Waals surface area contributed by atoms with Crippen molar-refractivity contribution in [1.29, 1.82) is 0 Å². The summed E-state index contributed by atoms with van der Waals surface area (Å²) in [6, 6.07) is 10.3. The first-order chi connectivity index (χ1) is 16.6. The molecule has 0 aromatic heterocycles. The first-order valence-electron chi connectivity index (χ1n) is 12.7. The predicted molar refractivity (Wildman–Crippen MR) is 138 cm³/mol. The standard InChI is InChI=1S/C21H35O.C4H6O7S.Na/c1-3-5-6-7-8-9-10-11-12-14-17-20(4-2)22-21-18-15-13-16-19-21;5-3(6)1-2(4(7)8)12(9,10)11;/h13,15-16,18-20H,2-12,14,17H2,1H3;2H,1H2,(H,5,6)(H,7,8)(H,9,10,11);. The SMILES string of the molecule is CCCCCCCCCCCCC(C[CH2][Na])Oc1ccccc1.O=C(O)CC(C(=O)O)S(=O)(=O)O. The average molecular weight is 525 g/mol. The van der Waals surface area contributed by atoms with Gasteiger partial charge in [-0.25, -0.2) is 0 Å². The number of carbonyl (C=O) groups is 2. The molecule has 196 valence electrons. The minimum Gasteiger partial charge on any atom is -0.481 e. The van der Waals surface area contributed by atoms with Gasteiger partial charge in [-0.05, 0) is 0 Å². The smallest absolute Gasteiger partial charge is 0.325 e. The van der Waals surface area contributed by atoms with Gasteiger partial charge < -0.3 is 10.2 Å². The number of carboxylic acids is 2. The van der Waals surface area contributed by atoms with E-state index in [1.807, 2.05) is 0 Å². The van der Waals surface area contributed by atoms with Crippen LogP contribution in [0.15, 0.2) is 30.3 Å². The zero-order chi connectivity index (χ0) is 26.5. The Bertz CT molecular complexity index is 786. The van der Waals surface area contributed by atoms with Gasteiger partial charge in [-0.15, -0.1) is 0 Å². The van der Waals surface area contributed by atoms with E-state index in [0.29, 0.717) is 6.10 Å². The number of carboxylic acid groups (broad SMARTS) is 2. The van der Waals surface area contributed by atoms with Gasteiger partial charge in [-0.1, -0.05) is 19.8 Å². The summed E-state index contributed by atoms with van der Waals surface area (Å²) in [6.07, 6.45) is 15.8. The number of aliphatic carboxylic acids is 2. The molecule has 0 aliphatic rings. The van der Waals surface area contributed by atoms with Crippen molar-refractivity contribution >= 4 is 50.0 Å². The van der Waals surface area contributed by atoms with E-state index in [9.17, 15) is 18.0 Å². The van der Waals surface area contributed by atoms with Gasteiger partial charge in [0, 0.05) is 0 Å². The Labute approximate surface area is 228 Å². The number of hydrogen-bond donors (Lipinski definition) is 3. The van der Waals surface area contributed by atoms with Crippen LogP contribution in [0, 0.1) is 0 Å². The summed E-state index contributed by atoms with van der Waals surface area (Å²) in [5.41, 5.74) is 0. The second-order valence-electron chi connectivity index (χ2n) is 8.75. The Balaban J connectivity index is 0.000000814. The Kier molecular flexibility index (Phi) is 20.3. The second-order valence-corrected chi connectivity index (χ2v) is 11.4. The molecule has 0 radical (unpaired) electrons. The minimum atomic E-state index is -4.84. The fourth-order valence-electron chi connectivity index (χ4n) is 3.61. The third-order valence-electron chi connectivity index (χ3n) is 5.53. The van der Waals surface area contributed by atoms with Gasteiger partial charge in [0.25, 0.3) is 10.1 Å². The van der Waals surface area contributed by atoms with E-state index >= 15 is 0 Å². The molecule has 0 spiro atoms. The zero-order valence-electron chi connectivity index (χ0n) is 21.2. The molecule has 2 atom stereocenters. The van der Waals surface area contributed by atoms with Gasteiger partial charge in [0.15, 0.2) is 5.25 Å². The maximum Gasteiger partial charge on any atom is 0.325 e. The molecule has 0 fully saturated rings. The topological polar surface area (TPSA) is 138 Å². The third-order valence-corrected chi connectivity index (χ3v) is 7.20. The van der Waals surface area contributed by atoms with Crippen LogP contribution < -0.4 is 4.74 Å². The summed E-state index contributed by atoms with van der Waals surface area (Å²) in [6.45, 7) is 2.29. The fraction of sp³-hybridized carbons (Fsp3) is 0.680. The number of para-hydroxylation sites is 1. The van der Waals surface area contributed by atoms with Crippen molar-refractivity contribution in [3.63, 3.8) is 0 Å². The summed E-state index contributed by atoms with van der Waals surface area (Å²) in [5, 5.41) is 13.9. The van der Waals surface area contributed by atoms with Crippen molar-refractivity contribution in [2.45, 2.75) is 105 Å². The van der Waals surface area contributed by atoms with Gasteiger partial charge in [0.05, 0.1) is 6.42 Å². The largest absolute Gasteiger partial charge is 0.481 e. The molecule has 1 rings (SSSR count). The van der Waals surface area contributed by atoms with Crippen LogP contribution in [0.25, 0.3) is 0 Å². The van der Waals surface area contributed by atoms with Crippen LogP contribution in [0.2, 0.25) is 3.67 Å². The Morgan fingerprint density at radius 3 is 1.80 bits per heavy atom. The molecule has 35 heavy (non-hydrogen) atoms. The maximum atomic E-state index is 10.2. The third kappa shape index (κ3) is 19.7. The molecule has 0 amide bonds. The minimum absolute atomic E-state index is 0.434. The first kappa shape index (κ1) is 33.9. The molecule has 0 saturated carbocycles. The van der Waals surface area contributed by atoms with Gasteiger partial charge >= 0.3 is 155 Å². The molecule has 2 unspecified atom stereocenters. The van der Waals surface area contributed by atoms with Crippen LogP contribution in [0.3, 0.4) is 0 Å². The average Bonchev–Trinajstić information content (AvgIpc) is 2.79. The zero-order valence-corrected chi connectivity index (χ0v) is 24.0. The van der Waals surface area contributed by atoms with Crippen molar-refractivity contribution in [3.05, 3.63) is 30.3 Å².